The molecule has 0 bridgehead atoms. The highest BCUT2D eigenvalue weighted by atomic mass is 16.7. The second-order valence-electron chi connectivity index (χ2n) is 12.7. The second kappa shape index (κ2) is 18.0. The Balaban J connectivity index is 1.11. The smallest absolute Gasteiger partial charge is 0.279 e. The van der Waals surface area contributed by atoms with Gasteiger partial charge >= 0.3 is 0 Å². The minimum atomic E-state index is -0.922. The average molecular weight is 697 g/mol. The van der Waals surface area contributed by atoms with Gasteiger partial charge in [-0.3, -0.25) is 29.3 Å². The minimum Gasteiger partial charge on any atom is -0.493 e. The summed E-state index contributed by atoms with van der Waals surface area (Å²) in [6.07, 6.45) is 6.48. The van der Waals surface area contributed by atoms with E-state index in [9.17, 15) is 24.5 Å². The summed E-state index contributed by atoms with van der Waals surface area (Å²) >= 11 is 0. The van der Waals surface area contributed by atoms with Gasteiger partial charge in [0.2, 0.25) is 5.91 Å². The monoisotopic (exact) mass is 696 g/mol. The van der Waals surface area contributed by atoms with Crippen LogP contribution in [0.25, 0.3) is 10.8 Å². The van der Waals surface area contributed by atoms with E-state index in [1.165, 1.54) is 32.1 Å². The molecule has 0 aromatic heterocycles. The first-order chi connectivity index (χ1) is 24.7. The van der Waals surface area contributed by atoms with Crippen LogP contribution in [0.5, 0.6) is 11.5 Å². The molecule has 0 radical (unpaired) electrons. The SMILES string of the molecule is COc1cc(C(C)ONC(=O)c2ccc(CNC(=O)c3ccc4ccccc4c3)cc2)c([N+](=O)[O-])cc1OCCCC(=O)NC1CCCCCC1. The van der Waals surface area contributed by atoms with Gasteiger partial charge in [-0.05, 0) is 72.9 Å². The first-order valence-electron chi connectivity index (χ1n) is 17.3. The Morgan fingerprint density at radius 3 is 2.27 bits per heavy atom. The van der Waals surface area contributed by atoms with Crippen molar-refractivity contribution in [1.82, 2.24) is 16.1 Å². The Kier molecular flexibility index (Phi) is 12.9. The molecule has 4 aromatic carbocycles. The van der Waals surface area contributed by atoms with Crippen molar-refractivity contribution < 1.29 is 33.6 Å². The number of carbonyl (C=O) groups is 3. The first kappa shape index (κ1) is 36.8. The van der Waals surface area contributed by atoms with Crippen LogP contribution in [0.1, 0.15) is 96.2 Å². The molecule has 3 amide bonds. The normalized spacial score (nSPS) is 13.8. The third-order valence-electron chi connectivity index (χ3n) is 8.98. The molecule has 1 fully saturated rings. The molecule has 0 heterocycles. The van der Waals surface area contributed by atoms with Gasteiger partial charge in [-0.25, -0.2) is 5.48 Å². The van der Waals surface area contributed by atoms with Crippen molar-refractivity contribution >= 4 is 34.2 Å². The van der Waals surface area contributed by atoms with E-state index in [1.807, 2.05) is 36.4 Å². The molecule has 268 valence electrons. The quantitative estimate of drug-likeness (QED) is 0.0514. The van der Waals surface area contributed by atoms with Crippen LogP contribution in [0.4, 0.5) is 5.69 Å². The van der Waals surface area contributed by atoms with Crippen LogP contribution >= 0.6 is 0 Å². The molecule has 1 aliphatic rings. The predicted octanol–water partition coefficient (Wildman–Crippen LogP) is 7.11. The average Bonchev–Trinajstić information content (AvgIpc) is 3.42. The number of hydroxylamine groups is 1. The Morgan fingerprint density at radius 1 is 0.863 bits per heavy atom. The van der Waals surface area contributed by atoms with Gasteiger partial charge in [0.25, 0.3) is 17.5 Å². The number of fused-ring (bicyclic) bond motifs is 1. The maximum atomic E-state index is 12.9. The van der Waals surface area contributed by atoms with E-state index in [0.29, 0.717) is 17.5 Å². The fraction of sp³-hybridized carbons (Fsp3) is 0.359. The van der Waals surface area contributed by atoms with Crippen molar-refractivity contribution in [2.45, 2.75) is 77.0 Å². The van der Waals surface area contributed by atoms with Gasteiger partial charge in [-0.1, -0.05) is 68.1 Å². The molecule has 12 nitrogen and oxygen atoms in total. The van der Waals surface area contributed by atoms with Crippen LogP contribution in [-0.2, 0) is 16.2 Å². The maximum Gasteiger partial charge on any atom is 0.279 e. The van der Waals surface area contributed by atoms with E-state index >= 15 is 0 Å². The lowest BCUT2D eigenvalue weighted by molar-refractivity contribution is -0.386. The van der Waals surface area contributed by atoms with Crippen molar-refractivity contribution in [3.63, 3.8) is 0 Å². The Hall–Kier alpha value is -5.49. The summed E-state index contributed by atoms with van der Waals surface area (Å²) < 4.78 is 11.3. The zero-order valence-electron chi connectivity index (χ0n) is 28.9. The molecule has 1 atom stereocenters. The van der Waals surface area contributed by atoms with Gasteiger partial charge in [-0.2, -0.15) is 0 Å². The molecule has 0 aliphatic heterocycles. The largest absolute Gasteiger partial charge is 0.493 e. The maximum absolute atomic E-state index is 12.9. The van der Waals surface area contributed by atoms with Crippen molar-refractivity contribution in [3.8, 4) is 11.5 Å². The number of hydrogen-bond donors (Lipinski definition) is 3. The second-order valence-corrected chi connectivity index (χ2v) is 12.7. The summed E-state index contributed by atoms with van der Waals surface area (Å²) in [4.78, 5) is 55.0. The van der Waals surface area contributed by atoms with E-state index in [4.69, 9.17) is 14.3 Å². The molecular formula is C39H44N4O8. The molecule has 1 saturated carbocycles. The first-order valence-corrected chi connectivity index (χ1v) is 17.3. The van der Waals surface area contributed by atoms with Crippen LogP contribution < -0.4 is 25.6 Å². The summed E-state index contributed by atoms with van der Waals surface area (Å²) in [5, 5.41) is 20.0. The van der Waals surface area contributed by atoms with Gasteiger partial charge in [0.15, 0.2) is 11.5 Å². The third-order valence-corrected chi connectivity index (χ3v) is 8.98. The summed E-state index contributed by atoms with van der Waals surface area (Å²) in [6.45, 7) is 2.00. The van der Waals surface area contributed by atoms with Gasteiger partial charge in [-0.15, -0.1) is 0 Å². The van der Waals surface area contributed by atoms with Crippen LogP contribution in [0, 0.1) is 10.1 Å². The molecule has 5 rings (SSSR count). The van der Waals surface area contributed by atoms with Crippen molar-refractivity contribution in [3.05, 3.63) is 111 Å². The zero-order valence-corrected chi connectivity index (χ0v) is 28.9. The third kappa shape index (κ3) is 10.3. The molecule has 1 aliphatic carbocycles. The number of nitrogens with one attached hydrogen (secondary N) is 3. The molecule has 3 N–H and O–H groups in total. The molecule has 12 heteroatoms. The molecular weight excluding hydrogens is 652 g/mol. The molecule has 0 spiro atoms. The summed E-state index contributed by atoms with van der Waals surface area (Å²) in [5.41, 5.74) is 3.91. The van der Waals surface area contributed by atoms with E-state index < -0.39 is 16.9 Å². The summed E-state index contributed by atoms with van der Waals surface area (Å²) in [5.74, 6) is -0.361. The topological polar surface area (TPSA) is 158 Å². The zero-order chi connectivity index (χ0) is 36.2. The van der Waals surface area contributed by atoms with Crippen molar-refractivity contribution in [1.29, 1.82) is 0 Å². The number of nitrogens with zero attached hydrogens (tertiary/aromatic N) is 1. The van der Waals surface area contributed by atoms with Gasteiger partial charge in [0.1, 0.15) is 6.10 Å². The van der Waals surface area contributed by atoms with Crippen LogP contribution in [0.3, 0.4) is 0 Å². The van der Waals surface area contributed by atoms with Crippen molar-refractivity contribution in [2.24, 2.45) is 0 Å². The van der Waals surface area contributed by atoms with Crippen LogP contribution in [0.15, 0.2) is 78.9 Å². The van der Waals surface area contributed by atoms with E-state index in [-0.39, 0.29) is 60.2 Å². The number of ether oxygens (including phenoxy) is 2. The fourth-order valence-corrected chi connectivity index (χ4v) is 6.11. The molecule has 4 aromatic rings. The fourth-order valence-electron chi connectivity index (χ4n) is 6.11. The summed E-state index contributed by atoms with van der Waals surface area (Å²) in [7, 11) is 1.42. The number of rotatable bonds is 15. The number of nitro benzene ring substituents is 1. The lowest BCUT2D eigenvalue weighted by Crippen LogP contribution is -2.34. The number of benzene rings is 4. The minimum absolute atomic E-state index is 0.0240. The van der Waals surface area contributed by atoms with Gasteiger partial charge < -0.3 is 20.1 Å². The summed E-state index contributed by atoms with van der Waals surface area (Å²) in [6, 6.07) is 22.9. The lowest BCUT2D eigenvalue weighted by Gasteiger charge is -2.18. The number of nitro groups is 1. The molecule has 1 unspecified atom stereocenters. The van der Waals surface area contributed by atoms with Gasteiger partial charge in [0.05, 0.1) is 30.3 Å². The standard InChI is InChI=1S/C39H44N4O8/c1-26(33-23-35(49-2)36(24-34(33)43(47)48)50-21-9-14-37(44)41-32-12-5-3-4-6-13-32)51-42-39(46)29-17-15-27(16-18-29)25-40-38(45)31-20-19-28-10-7-8-11-30(28)22-31/h7-8,10-11,15-20,22-24,26,32H,3-6,9,12-14,21,25H2,1-2H3,(H,40,45)(H,41,44)(H,42,46). The molecule has 0 saturated heterocycles. The highest BCUT2D eigenvalue weighted by Gasteiger charge is 2.25. The Morgan fingerprint density at radius 2 is 1.57 bits per heavy atom. The molecule has 51 heavy (non-hydrogen) atoms. The van der Waals surface area contributed by atoms with E-state index in [1.54, 1.807) is 37.3 Å². The Bertz CT molecular complexity index is 1840. The Labute approximate surface area is 297 Å². The van der Waals surface area contributed by atoms with Crippen molar-refractivity contribution in [2.75, 3.05) is 13.7 Å². The van der Waals surface area contributed by atoms with E-state index in [0.717, 1.165) is 42.0 Å². The number of hydrogen-bond acceptors (Lipinski definition) is 8. The number of amides is 3. The highest BCUT2D eigenvalue weighted by Crippen LogP contribution is 2.38. The lowest BCUT2D eigenvalue weighted by atomic mass is 10.1. The number of carbonyl (C=O) groups excluding carboxylic acids is 3. The van der Waals surface area contributed by atoms with Crippen LogP contribution in [-0.4, -0.2) is 42.4 Å². The van der Waals surface area contributed by atoms with Crippen LogP contribution in [0.2, 0.25) is 0 Å². The highest BCUT2D eigenvalue weighted by molar-refractivity contribution is 5.98. The predicted molar refractivity (Wildman–Crippen MR) is 193 cm³/mol. The van der Waals surface area contributed by atoms with E-state index in [2.05, 4.69) is 16.1 Å². The van der Waals surface area contributed by atoms with Gasteiger partial charge in [0, 0.05) is 30.1 Å². The number of methoxy groups -OCH3 is 1.